The highest BCUT2D eigenvalue weighted by molar-refractivity contribution is 4.50. The van der Waals surface area contributed by atoms with E-state index in [-0.39, 0.29) is 0 Å². The SMILES string of the molecule is NCCNCCn1cnnn1. The molecule has 0 spiro atoms. The fraction of sp³-hybridized carbons (Fsp3) is 0.800. The third kappa shape index (κ3) is 3.06. The van der Waals surface area contributed by atoms with Crippen LogP contribution in [0.3, 0.4) is 0 Å². The molecule has 1 rings (SSSR count). The Kier molecular flexibility index (Phi) is 3.49. The van der Waals surface area contributed by atoms with E-state index in [2.05, 4.69) is 20.8 Å². The van der Waals surface area contributed by atoms with Crippen molar-refractivity contribution in [2.75, 3.05) is 19.6 Å². The number of hydrogen-bond donors (Lipinski definition) is 2. The van der Waals surface area contributed by atoms with Crippen molar-refractivity contribution >= 4 is 0 Å². The Morgan fingerprint density at radius 1 is 1.45 bits per heavy atom. The predicted molar refractivity (Wildman–Crippen MR) is 39.7 cm³/mol. The first-order chi connectivity index (χ1) is 5.43. The van der Waals surface area contributed by atoms with E-state index < -0.39 is 0 Å². The average molecular weight is 156 g/mol. The molecule has 0 fully saturated rings. The van der Waals surface area contributed by atoms with Gasteiger partial charge < -0.3 is 11.1 Å². The zero-order chi connectivity index (χ0) is 7.94. The molecule has 0 atom stereocenters. The van der Waals surface area contributed by atoms with Crippen LogP contribution >= 0.6 is 0 Å². The van der Waals surface area contributed by atoms with Crippen molar-refractivity contribution in [2.45, 2.75) is 6.54 Å². The molecule has 0 aromatic carbocycles. The van der Waals surface area contributed by atoms with Gasteiger partial charge in [0.2, 0.25) is 0 Å². The van der Waals surface area contributed by atoms with E-state index in [1.807, 2.05) is 0 Å². The van der Waals surface area contributed by atoms with Crippen LogP contribution in [-0.4, -0.2) is 39.8 Å². The summed E-state index contributed by atoms with van der Waals surface area (Å²) in [5, 5.41) is 13.8. The standard InChI is InChI=1S/C5H12N6/c6-1-2-7-3-4-11-5-8-9-10-11/h5,7H,1-4,6H2. The maximum absolute atomic E-state index is 5.28. The molecule has 62 valence electrons. The molecule has 0 aliphatic rings. The molecule has 0 unspecified atom stereocenters. The topological polar surface area (TPSA) is 81.6 Å². The van der Waals surface area contributed by atoms with Gasteiger partial charge in [0.1, 0.15) is 6.33 Å². The molecule has 1 aromatic heterocycles. The van der Waals surface area contributed by atoms with Gasteiger partial charge in [-0.1, -0.05) is 0 Å². The van der Waals surface area contributed by atoms with Crippen molar-refractivity contribution in [1.82, 2.24) is 25.5 Å². The van der Waals surface area contributed by atoms with E-state index in [4.69, 9.17) is 5.73 Å². The summed E-state index contributed by atoms with van der Waals surface area (Å²) in [6, 6.07) is 0. The second-order valence-corrected chi connectivity index (χ2v) is 2.11. The van der Waals surface area contributed by atoms with Crippen LogP contribution in [0.5, 0.6) is 0 Å². The molecule has 0 aliphatic heterocycles. The van der Waals surface area contributed by atoms with Gasteiger partial charge in [0.05, 0.1) is 6.54 Å². The van der Waals surface area contributed by atoms with Gasteiger partial charge >= 0.3 is 0 Å². The zero-order valence-electron chi connectivity index (χ0n) is 6.27. The van der Waals surface area contributed by atoms with Crippen LogP contribution in [0.2, 0.25) is 0 Å². The molecule has 0 aliphatic carbocycles. The first-order valence-electron chi connectivity index (χ1n) is 3.55. The van der Waals surface area contributed by atoms with Crippen molar-refractivity contribution in [3.8, 4) is 0 Å². The van der Waals surface area contributed by atoms with Gasteiger partial charge in [-0.05, 0) is 10.4 Å². The van der Waals surface area contributed by atoms with Crippen molar-refractivity contribution in [2.24, 2.45) is 5.73 Å². The lowest BCUT2D eigenvalue weighted by atomic mass is 10.5. The quantitative estimate of drug-likeness (QED) is 0.493. The van der Waals surface area contributed by atoms with Crippen LogP contribution < -0.4 is 11.1 Å². The highest BCUT2D eigenvalue weighted by Crippen LogP contribution is 1.73. The second-order valence-electron chi connectivity index (χ2n) is 2.11. The molecule has 3 N–H and O–H groups in total. The molecule has 0 bridgehead atoms. The van der Waals surface area contributed by atoms with Gasteiger partial charge in [0, 0.05) is 19.6 Å². The summed E-state index contributed by atoms with van der Waals surface area (Å²) in [6.07, 6.45) is 1.59. The molecule has 1 aromatic rings. The Balaban J connectivity index is 2.04. The molecular weight excluding hydrogens is 144 g/mol. The first kappa shape index (κ1) is 8.09. The highest BCUT2D eigenvalue weighted by atomic mass is 15.5. The minimum absolute atomic E-state index is 0.662. The maximum Gasteiger partial charge on any atom is 0.138 e. The van der Waals surface area contributed by atoms with E-state index in [9.17, 15) is 0 Å². The average Bonchev–Trinajstić information content (AvgIpc) is 2.50. The van der Waals surface area contributed by atoms with Crippen LogP contribution in [0, 0.1) is 0 Å². The number of tetrazole rings is 1. The Hall–Kier alpha value is -1.01. The summed E-state index contributed by atoms with van der Waals surface area (Å²) in [4.78, 5) is 0. The van der Waals surface area contributed by atoms with Gasteiger partial charge in [-0.15, -0.1) is 5.10 Å². The van der Waals surface area contributed by atoms with Crippen molar-refractivity contribution < 1.29 is 0 Å². The molecule has 0 radical (unpaired) electrons. The molecule has 0 saturated carbocycles. The van der Waals surface area contributed by atoms with Gasteiger partial charge in [-0.2, -0.15) is 0 Å². The van der Waals surface area contributed by atoms with Crippen molar-refractivity contribution in [3.05, 3.63) is 6.33 Å². The van der Waals surface area contributed by atoms with Gasteiger partial charge in [-0.3, -0.25) is 0 Å². The number of nitrogens with two attached hydrogens (primary N) is 1. The number of hydrogen-bond acceptors (Lipinski definition) is 5. The predicted octanol–water partition coefficient (Wildman–Crippen LogP) is -1.78. The lowest BCUT2D eigenvalue weighted by molar-refractivity contribution is 0.544. The monoisotopic (exact) mass is 156 g/mol. The largest absolute Gasteiger partial charge is 0.329 e. The Labute approximate surface area is 64.8 Å². The van der Waals surface area contributed by atoms with Gasteiger partial charge in [-0.25, -0.2) is 4.68 Å². The fourth-order valence-corrected chi connectivity index (χ4v) is 0.703. The van der Waals surface area contributed by atoms with Crippen LogP contribution in [0.1, 0.15) is 0 Å². The zero-order valence-corrected chi connectivity index (χ0v) is 6.27. The van der Waals surface area contributed by atoms with E-state index in [0.29, 0.717) is 6.54 Å². The molecule has 11 heavy (non-hydrogen) atoms. The number of nitrogens with zero attached hydrogens (tertiary/aromatic N) is 4. The van der Waals surface area contributed by atoms with Crippen LogP contribution in [0.4, 0.5) is 0 Å². The van der Waals surface area contributed by atoms with Gasteiger partial charge in [0.25, 0.3) is 0 Å². The summed E-state index contributed by atoms with van der Waals surface area (Å²) in [5.41, 5.74) is 5.28. The fourth-order valence-electron chi connectivity index (χ4n) is 0.703. The number of rotatable bonds is 5. The van der Waals surface area contributed by atoms with Gasteiger partial charge in [0.15, 0.2) is 0 Å². The lowest BCUT2D eigenvalue weighted by Gasteiger charge is -2.00. The normalized spacial score (nSPS) is 10.3. The van der Waals surface area contributed by atoms with E-state index in [1.165, 1.54) is 0 Å². The molecule has 0 saturated heterocycles. The lowest BCUT2D eigenvalue weighted by Crippen LogP contribution is -2.26. The minimum atomic E-state index is 0.662. The number of aromatic nitrogens is 4. The van der Waals surface area contributed by atoms with Crippen LogP contribution in [0.15, 0.2) is 6.33 Å². The smallest absolute Gasteiger partial charge is 0.138 e. The summed E-state index contributed by atoms with van der Waals surface area (Å²) in [7, 11) is 0. The summed E-state index contributed by atoms with van der Waals surface area (Å²) in [5.74, 6) is 0. The summed E-state index contributed by atoms with van der Waals surface area (Å²) < 4.78 is 1.67. The third-order valence-corrected chi connectivity index (χ3v) is 1.23. The second kappa shape index (κ2) is 4.75. The maximum atomic E-state index is 5.28. The van der Waals surface area contributed by atoms with E-state index in [0.717, 1.165) is 19.6 Å². The van der Waals surface area contributed by atoms with Crippen LogP contribution in [0.25, 0.3) is 0 Å². The van der Waals surface area contributed by atoms with E-state index in [1.54, 1.807) is 11.0 Å². The molecular formula is C5H12N6. The third-order valence-electron chi connectivity index (χ3n) is 1.23. The molecule has 1 heterocycles. The highest BCUT2D eigenvalue weighted by Gasteiger charge is 1.89. The van der Waals surface area contributed by atoms with Crippen molar-refractivity contribution in [3.63, 3.8) is 0 Å². The molecule has 6 heteroatoms. The Morgan fingerprint density at radius 3 is 3.00 bits per heavy atom. The first-order valence-corrected chi connectivity index (χ1v) is 3.55. The Bertz CT molecular complexity index is 171. The molecule has 6 nitrogen and oxygen atoms in total. The molecule has 0 amide bonds. The number of nitrogens with one attached hydrogen (secondary N) is 1. The summed E-state index contributed by atoms with van der Waals surface area (Å²) in [6.45, 7) is 3.13. The van der Waals surface area contributed by atoms with Crippen molar-refractivity contribution in [1.29, 1.82) is 0 Å². The Morgan fingerprint density at radius 2 is 2.36 bits per heavy atom. The van der Waals surface area contributed by atoms with E-state index >= 15 is 0 Å². The summed E-state index contributed by atoms with van der Waals surface area (Å²) >= 11 is 0. The van der Waals surface area contributed by atoms with Crippen LogP contribution in [-0.2, 0) is 6.54 Å². The minimum Gasteiger partial charge on any atom is -0.329 e.